The lowest BCUT2D eigenvalue weighted by molar-refractivity contribution is 0.178. The summed E-state index contributed by atoms with van der Waals surface area (Å²) in [6, 6.07) is 2.22. The monoisotopic (exact) mass is 238 g/mol. The van der Waals surface area contributed by atoms with Crippen LogP contribution in [0.3, 0.4) is 0 Å². The van der Waals surface area contributed by atoms with E-state index in [-0.39, 0.29) is 6.61 Å². The van der Waals surface area contributed by atoms with Crippen LogP contribution in [-0.2, 0) is 11.3 Å². The molecular weight excluding hydrogens is 220 g/mol. The minimum absolute atomic E-state index is 0.111. The van der Waals surface area contributed by atoms with Crippen molar-refractivity contribution >= 4 is 11.6 Å². The van der Waals surface area contributed by atoms with Crippen LogP contribution in [0.2, 0.25) is 0 Å². The minimum atomic E-state index is 0.111. The molecule has 0 unspecified atom stereocenters. The molecule has 0 aromatic carbocycles. The summed E-state index contributed by atoms with van der Waals surface area (Å²) in [5.41, 5.74) is 5.75. The van der Waals surface area contributed by atoms with Gasteiger partial charge < -0.3 is 20.5 Å². The van der Waals surface area contributed by atoms with E-state index < -0.39 is 0 Å². The van der Waals surface area contributed by atoms with E-state index in [1.54, 1.807) is 13.2 Å². The first-order chi connectivity index (χ1) is 8.24. The molecule has 1 saturated carbocycles. The standard InChI is InChI=1S/C11H18N4O2/c1-17-7-10-13-9(12)6-11(14-10)15(4-5-16)8-2-3-8/h6,8,16H,2-5,7H2,1H3,(H2,12,13,14). The van der Waals surface area contributed by atoms with Gasteiger partial charge >= 0.3 is 0 Å². The van der Waals surface area contributed by atoms with E-state index in [0.29, 0.717) is 30.8 Å². The van der Waals surface area contributed by atoms with Crippen molar-refractivity contribution in [1.29, 1.82) is 0 Å². The average molecular weight is 238 g/mol. The molecule has 0 bridgehead atoms. The summed E-state index contributed by atoms with van der Waals surface area (Å²) in [5.74, 6) is 1.79. The van der Waals surface area contributed by atoms with Gasteiger partial charge in [0.05, 0.1) is 6.61 Å². The molecule has 1 aliphatic carbocycles. The van der Waals surface area contributed by atoms with Crippen LogP contribution in [0.4, 0.5) is 11.6 Å². The lowest BCUT2D eigenvalue weighted by Gasteiger charge is -2.22. The van der Waals surface area contributed by atoms with E-state index in [0.717, 1.165) is 18.7 Å². The highest BCUT2D eigenvalue weighted by Gasteiger charge is 2.30. The molecule has 1 aliphatic rings. The molecule has 1 aromatic rings. The van der Waals surface area contributed by atoms with Crippen molar-refractivity contribution in [3.05, 3.63) is 11.9 Å². The number of nitrogen functional groups attached to an aromatic ring is 1. The molecule has 0 amide bonds. The van der Waals surface area contributed by atoms with Crippen molar-refractivity contribution in [1.82, 2.24) is 9.97 Å². The molecule has 94 valence electrons. The molecule has 1 fully saturated rings. The Bertz CT molecular complexity index is 382. The second-order valence-electron chi connectivity index (χ2n) is 4.15. The van der Waals surface area contributed by atoms with Crippen LogP contribution in [0, 0.1) is 0 Å². The van der Waals surface area contributed by atoms with Gasteiger partial charge in [0.2, 0.25) is 0 Å². The Morgan fingerprint density at radius 2 is 2.29 bits per heavy atom. The number of aliphatic hydroxyl groups is 1. The quantitative estimate of drug-likeness (QED) is 0.734. The van der Waals surface area contributed by atoms with Gasteiger partial charge in [-0.15, -0.1) is 0 Å². The van der Waals surface area contributed by atoms with E-state index in [1.807, 2.05) is 0 Å². The molecule has 0 radical (unpaired) electrons. The zero-order valence-corrected chi connectivity index (χ0v) is 9.96. The SMILES string of the molecule is COCc1nc(N)cc(N(CCO)C2CC2)n1. The second kappa shape index (κ2) is 5.29. The molecule has 1 heterocycles. The Morgan fingerprint density at radius 1 is 1.53 bits per heavy atom. The number of hydrogen-bond donors (Lipinski definition) is 2. The summed E-state index contributed by atoms with van der Waals surface area (Å²) in [6.45, 7) is 1.03. The van der Waals surface area contributed by atoms with Crippen LogP contribution in [0.5, 0.6) is 0 Å². The van der Waals surface area contributed by atoms with Crippen molar-refractivity contribution in [3.63, 3.8) is 0 Å². The number of hydrogen-bond acceptors (Lipinski definition) is 6. The molecule has 0 spiro atoms. The molecular formula is C11H18N4O2. The number of ether oxygens (including phenoxy) is 1. The van der Waals surface area contributed by atoms with E-state index in [9.17, 15) is 0 Å². The number of aliphatic hydroxyl groups excluding tert-OH is 1. The lowest BCUT2D eigenvalue weighted by Crippen LogP contribution is -2.30. The maximum Gasteiger partial charge on any atom is 0.158 e. The number of aromatic nitrogens is 2. The van der Waals surface area contributed by atoms with Crippen molar-refractivity contribution < 1.29 is 9.84 Å². The Kier molecular flexibility index (Phi) is 3.75. The van der Waals surface area contributed by atoms with Gasteiger partial charge in [-0.25, -0.2) is 9.97 Å². The zero-order chi connectivity index (χ0) is 12.3. The lowest BCUT2D eigenvalue weighted by atomic mass is 10.4. The minimum Gasteiger partial charge on any atom is -0.395 e. The van der Waals surface area contributed by atoms with Crippen LogP contribution in [-0.4, -0.2) is 41.4 Å². The van der Waals surface area contributed by atoms with Crippen molar-refractivity contribution in [2.45, 2.75) is 25.5 Å². The highest BCUT2D eigenvalue weighted by molar-refractivity contribution is 5.48. The molecule has 1 aromatic heterocycles. The highest BCUT2D eigenvalue weighted by atomic mass is 16.5. The summed E-state index contributed by atoms with van der Waals surface area (Å²) < 4.78 is 5.01. The van der Waals surface area contributed by atoms with E-state index in [2.05, 4.69) is 14.9 Å². The van der Waals surface area contributed by atoms with Gasteiger partial charge in [-0.2, -0.15) is 0 Å². The molecule has 6 heteroatoms. The van der Waals surface area contributed by atoms with Gasteiger partial charge in [-0.05, 0) is 12.8 Å². The van der Waals surface area contributed by atoms with E-state index >= 15 is 0 Å². The Labute approximate surface area is 100 Å². The van der Waals surface area contributed by atoms with Crippen molar-refractivity contribution in [2.24, 2.45) is 0 Å². The smallest absolute Gasteiger partial charge is 0.158 e. The van der Waals surface area contributed by atoms with Gasteiger partial charge in [-0.3, -0.25) is 0 Å². The molecule has 6 nitrogen and oxygen atoms in total. The summed E-state index contributed by atoms with van der Waals surface area (Å²) in [5, 5.41) is 9.08. The first-order valence-electron chi connectivity index (χ1n) is 5.74. The van der Waals surface area contributed by atoms with Gasteiger partial charge in [0.1, 0.15) is 18.2 Å². The van der Waals surface area contributed by atoms with Crippen LogP contribution in [0.1, 0.15) is 18.7 Å². The number of rotatable bonds is 6. The normalized spacial score (nSPS) is 14.9. The topological polar surface area (TPSA) is 84.5 Å². The molecule has 17 heavy (non-hydrogen) atoms. The maximum absolute atomic E-state index is 9.08. The van der Waals surface area contributed by atoms with Crippen LogP contribution in [0.25, 0.3) is 0 Å². The second-order valence-corrected chi connectivity index (χ2v) is 4.15. The maximum atomic E-state index is 9.08. The summed E-state index contributed by atoms with van der Waals surface area (Å²) in [4.78, 5) is 10.6. The third kappa shape index (κ3) is 3.04. The Hall–Kier alpha value is -1.40. The molecule has 0 saturated heterocycles. The van der Waals surface area contributed by atoms with Crippen LogP contribution in [0.15, 0.2) is 6.07 Å². The van der Waals surface area contributed by atoms with Gasteiger partial charge in [0.15, 0.2) is 5.82 Å². The molecule has 0 aliphatic heterocycles. The largest absolute Gasteiger partial charge is 0.395 e. The third-order valence-electron chi connectivity index (χ3n) is 2.68. The summed E-state index contributed by atoms with van der Waals surface area (Å²) in [6.07, 6.45) is 2.28. The fourth-order valence-corrected chi connectivity index (χ4v) is 1.82. The number of anilines is 2. The Balaban J connectivity index is 2.22. The van der Waals surface area contributed by atoms with Gasteiger partial charge in [0, 0.05) is 25.8 Å². The molecule has 0 atom stereocenters. The summed E-state index contributed by atoms with van der Waals surface area (Å²) >= 11 is 0. The first-order valence-corrected chi connectivity index (χ1v) is 5.74. The summed E-state index contributed by atoms with van der Waals surface area (Å²) in [7, 11) is 1.60. The van der Waals surface area contributed by atoms with E-state index in [1.165, 1.54) is 0 Å². The van der Waals surface area contributed by atoms with Crippen molar-refractivity contribution in [2.75, 3.05) is 30.9 Å². The van der Waals surface area contributed by atoms with Gasteiger partial charge in [-0.1, -0.05) is 0 Å². The van der Waals surface area contributed by atoms with Crippen molar-refractivity contribution in [3.8, 4) is 0 Å². The molecule has 2 rings (SSSR count). The molecule has 3 N–H and O–H groups in total. The third-order valence-corrected chi connectivity index (χ3v) is 2.68. The van der Waals surface area contributed by atoms with Crippen LogP contribution < -0.4 is 10.6 Å². The van der Waals surface area contributed by atoms with Crippen LogP contribution >= 0.6 is 0 Å². The number of methoxy groups -OCH3 is 1. The first kappa shape index (κ1) is 12.1. The highest BCUT2D eigenvalue weighted by Crippen LogP contribution is 2.30. The predicted molar refractivity (Wildman–Crippen MR) is 64.6 cm³/mol. The fraction of sp³-hybridized carbons (Fsp3) is 0.636. The van der Waals surface area contributed by atoms with E-state index in [4.69, 9.17) is 15.6 Å². The fourth-order valence-electron chi connectivity index (χ4n) is 1.82. The van der Waals surface area contributed by atoms with Gasteiger partial charge in [0.25, 0.3) is 0 Å². The Morgan fingerprint density at radius 3 is 2.88 bits per heavy atom. The number of nitrogens with zero attached hydrogens (tertiary/aromatic N) is 3. The zero-order valence-electron chi connectivity index (χ0n) is 9.96. The average Bonchev–Trinajstić information content (AvgIpc) is 3.09. The predicted octanol–water partition coefficient (Wildman–Crippen LogP) is 0.166. The number of nitrogens with two attached hydrogens (primary N) is 1.